The second-order valence-electron chi connectivity index (χ2n) is 5.31. The third-order valence-corrected chi connectivity index (χ3v) is 4.51. The molecule has 1 unspecified atom stereocenters. The Hall–Kier alpha value is 0.440. The Morgan fingerprint density at radius 3 is 2.31 bits per heavy atom. The molecule has 0 rings (SSSR count). The van der Waals surface area contributed by atoms with Gasteiger partial charge < -0.3 is 4.74 Å². The maximum atomic E-state index is 5.71. The SMILES string of the molecule is CCCCC(CC)(CBr)CCOCC(C)C. The van der Waals surface area contributed by atoms with Gasteiger partial charge >= 0.3 is 0 Å². The molecule has 0 N–H and O–H groups in total. The van der Waals surface area contributed by atoms with Crippen molar-refractivity contribution in [2.24, 2.45) is 11.3 Å². The molecule has 1 atom stereocenters. The lowest BCUT2D eigenvalue weighted by Gasteiger charge is -2.31. The quantitative estimate of drug-likeness (QED) is 0.405. The number of rotatable bonds is 10. The predicted octanol–water partition coefficient (Wildman–Crippen LogP) is 5.03. The lowest BCUT2D eigenvalue weighted by Crippen LogP contribution is -2.24. The fourth-order valence-electron chi connectivity index (χ4n) is 1.87. The highest BCUT2D eigenvalue weighted by molar-refractivity contribution is 9.09. The second kappa shape index (κ2) is 9.47. The van der Waals surface area contributed by atoms with Crippen LogP contribution in [-0.4, -0.2) is 18.5 Å². The van der Waals surface area contributed by atoms with Crippen molar-refractivity contribution in [2.75, 3.05) is 18.5 Å². The number of hydrogen-bond donors (Lipinski definition) is 0. The van der Waals surface area contributed by atoms with E-state index in [4.69, 9.17) is 4.74 Å². The van der Waals surface area contributed by atoms with Crippen LogP contribution in [0.1, 0.15) is 59.8 Å². The summed E-state index contributed by atoms with van der Waals surface area (Å²) in [6.45, 7) is 10.8. The first-order valence-corrected chi connectivity index (χ1v) is 7.86. The van der Waals surface area contributed by atoms with Gasteiger partial charge in [0.2, 0.25) is 0 Å². The number of alkyl halides is 1. The molecule has 0 spiro atoms. The van der Waals surface area contributed by atoms with Crippen LogP contribution in [0.5, 0.6) is 0 Å². The molecule has 0 saturated heterocycles. The maximum Gasteiger partial charge on any atom is 0.0488 e. The van der Waals surface area contributed by atoms with Crippen molar-refractivity contribution in [1.82, 2.24) is 0 Å². The molecular weight excluding hydrogens is 264 g/mol. The van der Waals surface area contributed by atoms with E-state index in [9.17, 15) is 0 Å². The van der Waals surface area contributed by atoms with Gasteiger partial charge in [-0.1, -0.05) is 56.5 Å². The van der Waals surface area contributed by atoms with Crippen LogP contribution in [0.25, 0.3) is 0 Å². The van der Waals surface area contributed by atoms with Crippen molar-refractivity contribution in [3.8, 4) is 0 Å². The van der Waals surface area contributed by atoms with Gasteiger partial charge in [0.1, 0.15) is 0 Å². The van der Waals surface area contributed by atoms with Crippen molar-refractivity contribution in [1.29, 1.82) is 0 Å². The summed E-state index contributed by atoms with van der Waals surface area (Å²) >= 11 is 3.69. The lowest BCUT2D eigenvalue weighted by atomic mass is 9.79. The minimum atomic E-state index is 0.465. The minimum Gasteiger partial charge on any atom is -0.381 e. The van der Waals surface area contributed by atoms with Gasteiger partial charge in [-0.05, 0) is 30.6 Å². The van der Waals surface area contributed by atoms with Gasteiger partial charge in [0, 0.05) is 18.5 Å². The summed E-state index contributed by atoms with van der Waals surface area (Å²) in [6.07, 6.45) is 6.41. The molecule has 0 aliphatic rings. The highest BCUT2D eigenvalue weighted by Gasteiger charge is 2.25. The predicted molar refractivity (Wildman–Crippen MR) is 76.3 cm³/mol. The summed E-state index contributed by atoms with van der Waals surface area (Å²) in [7, 11) is 0. The molecule has 0 aromatic carbocycles. The topological polar surface area (TPSA) is 9.23 Å². The molecule has 0 aromatic heterocycles. The van der Waals surface area contributed by atoms with Crippen molar-refractivity contribution >= 4 is 15.9 Å². The Balaban J connectivity index is 3.91. The third-order valence-electron chi connectivity index (χ3n) is 3.32. The van der Waals surface area contributed by atoms with Crippen LogP contribution in [0.3, 0.4) is 0 Å². The fraction of sp³-hybridized carbons (Fsp3) is 1.00. The summed E-state index contributed by atoms with van der Waals surface area (Å²) < 4.78 is 5.71. The van der Waals surface area contributed by atoms with Crippen LogP contribution in [-0.2, 0) is 4.74 Å². The van der Waals surface area contributed by atoms with Gasteiger partial charge in [0.25, 0.3) is 0 Å². The molecule has 0 aliphatic carbocycles. The third kappa shape index (κ3) is 6.90. The zero-order valence-corrected chi connectivity index (χ0v) is 13.1. The van der Waals surface area contributed by atoms with E-state index in [2.05, 4.69) is 43.6 Å². The summed E-state index contributed by atoms with van der Waals surface area (Å²) in [4.78, 5) is 0. The van der Waals surface area contributed by atoms with E-state index in [0.717, 1.165) is 18.5 Å². The summed E-state index contributed by atoms with van der Waals surface area (Å²) in [6, 6.07) is 0. The van der Waals surface area contributed by atoms with E-state index in [0.29, 0.717) is 11.3 Å². The first kappa shape index (κ1) is 16.4. The molecule has 16 heavy (non-hydrogen) atoms. The molecule has 0 heterocycles. The Kier molecular flexibility index (Phi) is 9.73. The molecule has 0 saturated carbocycles. The molecule has 0 aliphatic heterocycles. The summed E-state index contributed by atoms with van der Waals surface area (Å²) in [5.74, 6) is 0.649. The van der Waals surface area contributed by atoms with E-state index in [1.165, 1.54) is 32.1 Å². The van der Waals surface area contributed by atoms with Crippen molar-refractivity contribution < 1.29 is 4.74 Å². The standard InChI is InChI=1S/C14H29BrO/c1-5-7-8-14(6-2,12-15)9-10-16-11-13(3)4/h13H,5-12H2,1-4H3. The van der Waals surface area contributed by atoms with E-state index in [1.54, 1.807) is 0 Å². The zero-order valence-electron chi connectivity index (χ0n) is 11.5. The Morgan fingerprint density at radius 1 is 1.19 bits per heavy atom. The molecule has 1 nitrogen and oxygen atoms in total. The van der Waals surface area contributed by atoms with Gasteiger partial charge in [-0.2, -0.15) is 0 Å². The van der Waals surface area contributed by atoms with Crippen molar-refractivity contribution in [3.63, 3.8) is 0 Å². The van der Waals surface area contributed by atoms with Gasteiger partial charge in [0.15, 0.2) is 0 Å². The van der Waals surface area contributed by atoms with E-state index in [-0.39, 0.29) is 0 Å². The molecule has 0 radical (unpaired) electrons. The van der Waals surface area contributed by atoms with Gasteiger partial charge in [-0.25, -0.2) is 0 Å². The van der Waals surface area contributed by atoms with E-state index >= 15 is 0 Å². The van der Waals surface area contributed by atoms with Gasteiger partial charge in [-0.3, -0.25) is 0 Å². The summed E-state index contributed by atoms with van der Waals surface area (Å²) in [5.41, 5.74) is 0.465. The normalized spacial score (nSPS) is 15.4. The molecule has 0 amide bonds. The average molecular weight is 293 g/mol. The first-order chi connectivity index (χ1) is 7.60. The second-order valence-corrected chi connectivity index (χ2v) is 5.87. The Morgan fingerprint density at radius 2 is 1.88 bits per heavy atom. The van der Waals surface area contributed by atoms with Crippen LogP contribution in [0.2, 0.25) is 0 Å². The number of halogens is 1. The smallest absolute Gasteiger partial charge is 0.0488 e. The van der Waals surface area contributed by atoms with Crippen LogP contribution < -0.4 is 0 Å². The number of ether oxygens (including phenoxy) is 1. The van der Waals surface area contributed by atoms with Crippen LogP contribution in [0, 0.1) is 11.3 Å². The Labute approximate surface area is 110 Å². The molecule has 0 bridgehead atoms. The number of hydrogen-bond acceptors (Lipinski definition) is 1. The van der Waals surface area contributed by atoms with Crippen LogP contribution >= 0.6 is 15.9 Å². The average Bonchev–Trinajstić information content (AvgIpc) is 2.29. The van der Waals surface area contributed by atoms with Crippen molar-refractivity contribution in [3.05, 3.63) is 0 Å². The molecule has 2 heteroatoms. The highest BCUT2D eigenvalue weighted by Crippen LogP contribution is 2.34. The lowest BCUT2D eigenvalue weighted by molar-refractivity contribution is 0.0777. The van der Waals surface area contributed by atoms with E-state index < -0.39 is 0 Å². The Bertz CT molecular complexity index is 153. The molecular formula is C14H29BrO. The molecule has 98 valence electrons. The summed E-state index contributed by atoms with van der Waals surface area (Å²) in [5, 5.41) is 1.11. The maximum absolute atomic E-state index is 5.71. The number of unbranched alkanes of at least 4 members (excludes halogenated alkanes) is 1. The van der Waals surface area contributed by atoms with Gasteiger partial charge in [-0.15, -0.1) is 0 Å². The zero-order chi connectivity index (χ0) is 12.4. The molecule has 0 fully saturated rings. The van der Waals surface area contributed by atoms with Crippen LogP contribution in [0.15, 0.2) is 0 Å². The molecule has 0 aromatic rings. The van der Waals surface area contributed by atoms with Crippen LogP contribution in [0.4, 0.5) is 0 Å². The van der Waals surface area contributed by atoms with Crippen molar-refractivity contribution in [2.45, 2.75) is 59.8 Å². The minimum absolute atomic E-state index is 0.465. The highest BCUT2D eigenvalue weighted by atomic mass is 79.9. The fourth-order valence-corrected chi connectivity index (χ4v) is 2.82. The monoisotopic (exact) mass is 292 g/mol. The first-order valence-electron chi connectivity index (χ1n) is 6.74. The van der Waals surface area contributed by atoms with Gasteiger partial charge in [0.05, 0.1) is 0 Å². The largest absolute Gasteiger partial charge is 0.381 e. The van der Waals surface area contributed by atoms with E-state index in [1.807, 2.05) is 0 Å².